The second-order valence-corrected chi connectivity index (χ2v) is 8.23. The Bertz CT molecular complexity index is 83.1. The number of alkyl halides is 2. The topological polar surface area (TPSA) is 0 Å². The van der Waals surface area contributed by atoms with Gasteiger partial charge in [0.05, 0.1) is 12.3 Å². The van der Waals surface area contributed by atoms with Crippen LogP contribution in [0.15, 0.2) is 0 Å². The highest BCUT2D eigenvalue weighted by atomic mass is 35.5. The standard InChI is InChI=1S/C6H12Cl2P/c7-5-9(6-8)3-1-2-4-9/h1-6H2/q+1. The van der Waals surface area contributed by atoms with Gasteiger partial charge in [-0.25, -0.2) is 0 Å². The Balaban J connectivity index is 2.45. The number of halogens is 2. The normalized spacial score (nSPS) is 24.7. The largest absolute Gasteiger partial charge is 0.133 e. The zero-order valence-electron chi connectivity index (χ0n) is 5.45. The molecule has 0 aromatic heterocycles. The molecule has 0 aromatic carbocycles. The van der Waals surface area contributed by atoms with Crippen molar-refractivity contribution in [3.8, 4) is 0 Å². The summed E-state index contributed by atoms with van der Waals surface area (Å²) in [5.41, 5.74) is 1.72. The molecule has 0 aromatic rings. The molecule has 0 spiro atoms. The summed E-state index contributed by atoms with van der Waals surface area (Å²) in [5, 5.41) is 0. The first-order valence-corrected chi connectivity index (χ1v) is 6.90. The van der Waals surface area contributed by atoms with Crippen LogP contribution in [0.1, 0.15) is 12.8 Å². The fourth-order valence-electron chi connectivity index (χ4n) is 1.28. The van der Waals surface area contributed by atoms with Crippen LogP contribution in [0.25, 0.3) is 0 Å². The molecule has 0 N–H and O–H groups in total. The van der Waals surface area contributed by atoms with Crippen molar-refractivity contribution in [3.05, 3.63) is 0 Å². The molecular formula is C6H12Cl2P+. The third kappa shape index (κ3) is 1.73. The lowest BCUT2D eigenvalue weighted by Gasteiger charge is -2.14. The van der Waals surface area contributed by atoms with Crippen LogP contribution in [0.3, 0.4) is 0 Å². The molecule has 1 aliphatic rings. The molecule has 1 aliphatic heterocycles. The van der Waals surface area contributed by atoms with Crippen molar-refractivity contribution < 1.29 is 0 Å². The third-order valence-corrected chi connectivity index (χ3v) is 8.61. The molecule has 1 fully saturated rings. The first-order chi connectivity index (χ1) is 4.33. The Morgan fingerprint density at radius 1 is 1.00 bits per heavy atom. The second kappa shape index (κ2) is 3.42. The summed E-state index contributed by atoms with van der Waals surface area (Å²) in [6, 6.07) is 0. The van der Waals surface area contributed by atoms with Crippen LogP contribution in [0.4, 0.5) is 0 Å². The summed E-state index contributed by atoms with van der Waals surface area (Å²) < 4.78 is 0. The van der Waals surface area contributed by atoms with Crippen molar-refractivity contribution in [2.45, 2.75) is 12.8 Å². The maximum Gasteiger partial charge on any atom is 0.133 e. The van der Waals surface area contributed by atoms with E-state index in [9.17, 15) is 0 Å². The van der Waals surface area contributed by atoms with E-state index in [1.54, 1.807) is 0 Å². The molecule has 0 saturated carbocycles. The average Bonchev–Trinajstić information content (AvgIpc) is 2.36. The SMILES string of the molecule is ClC[P+]1(CCl)CCCC1. The van der Waals surface area contributed by atoms with Crippen LogP contribution in [-0.2, 0) is 0 Å². The Hall–Kier alpha value is 1.01. The van der Waals surface area contributed by atoms with Crippen molar-refractivity contribution in [1.29, 1.82) is 0 Å². The van der Waals surface area contributed by atoms with Gasteiger partial charge in [-0.2, -0.15) is 0 Å². The van der Waals surface area contributed by atoms with Gasteiger partial charge < -0.3 is 0 Å². The van der Waals surface area contributed by atoms with Crippen LogP contribution in [-0.4, -0.2) is 23.6 Å². The molecule has 1 saturated heterocycles. The monoisotopic (exact) mass is 185 g/mol. The summed E-state index contributed by atoms with van der Waals surface area (Å²) in [4.78, 5) is 0. The van der Waals surface area contributed by atoms with Crippen molar-refractivity contribution in [1.82, 2.24) is 0 Å². The molecule has 3 heteroatoms. The molecule has 0 radical (unpaired) electrons. The van der Waals surface area contributed by atoms with Crippen LogP contribution >= 0.6 is 30.5 Å². The fourth-order valence-corrected chi connectivity index (χ4v) is 6.03. The first kappa shape index (κ1) is 8.11. The molecule has 0 amide bonds. The van der Waals surface area contributed by atoms with Gasteiger partial charge >= 0.3 is 0 Å². The lowest BCUT2D eigenvalue weighted by Crippen LogP contribution is -1.97. The van der Waals surface area contributed by atoms with Crippen LogP contribution in [0, 0.1) is 0 Å². The summed E-state index contributed by atoms with van der Waals surface area (Å²) in [5.74, 6) is 0. The number of hydrogen-bond donors (Lipinski definition) is 0. The van der Waals surface area contributed by atoms with Gasteiger partial charge in [0.2, 0.25) is 0 Å². The van der Waals surface area contributed by atoms with E-state index in [2.05, 4.69) is 0 Å². The molecule has 0 aliphatic carbocycles. The van der Waals surface area contributed by atoms with Crippen molar-refractivity contribution in [2.75, 3.05) is 23.6 Å². The minimum atomic E-state index is -0.778. The molecule has 0 unspecified atom stereocenters. The van der Waals surface area contributed by atoms with Gasteiger partial charge in [0.25, 0.3) is 0 Å². The van der Waals surface area contributed by atoms with Gasteiger partial charge in [-0.1, -0.05) is 23.2 Å². The minimum absolute atomic E-state index is 0.778. The maximum atomic E-state index is 5.83. The van der Waals surface area contributed by atoms with E-state index in [1.807, 2.05) is 0 Å². The van der Waals surface area contributed by atoms with Gasteiger partial charge in [0.15, 0.2) is 0 Å². The smallest absolute Gasteiger partial charge is 0.0820 e. The van der Waals surface area contributed by atoms with Crippen LogP contribution in [0.2, 0.25) is 0 Å². The van der Waals surface area contributed by atoms with Gasteiger partial charge in [0.1, 0.15) is 11.2 Å². The van der Waals surface area contributed by atoms with Gasteiger partial charge in [0, 0.05) is 7.26 Å². The van der Waals surface area contributed by atoms with Gasteiger partial charge in [-0.15, -0.1) is 0 Å². The number of hydrogen-bond acceptors (Lipinski definition) is 0. The highest BCUT2D eigenvalue weighted by Crippen LogP contribution is 2.64. The molecule has 9 heavy (non-hydrogen) atoms. The summed E-state index contributed by atoms with van der Waals surface area (Å²) in [6.45, 7) is 0. The Labute approximate surface area is 67.2 Å². The van der Waals surface area contributed by atoms with Gasteiger partial charge in [-0.05, 0) is 12.8 Å². The van der Waals surface area contributed by atoms with E-state index in [4.69, 9.17) is 23.2 Å². The van der Waals surface area contributed by atoms with Crippen LogP contribution in [0.5, 0.6) is 0 Å². The zero-order chi connectivity index (χ0) is 6.74. The minimum Gasteiger partial charge on any atom is -0.0820 e. The van der Waals surface area contributed by atoms with E-state index >= 15 is 0 Å². The van der Waals surface area contributed by atoms with E-state index in [0.717, 1.165) is 11.2 Å². The average molecular weight is 186 g/mol. The lowest BCUT2D eigenvalue weighted by molar-refractivity contribution is 0.949. The number of rotatable bonds is 2. The molecule has 1 rings (SSSR count). The Morgan fingerprint density at radius 3 is 1.67 bits per heavy atom. The van der Waals surface area contributed by atoms with E-state index in [1.165, 1.54) is 25.2 Å². The summed E-state index contributed by atoms with van der Waals surface area (Å²) >= 11 is 11.7. The quantitative estimate of drug-likeness (QED) is 0.458. The first-order valence-electron chi connectivity index (χ1n) is 3.30. The van der Waals surface area contributed by atoms with Gasteiger partial charge in [-0.3, -0.25) is 0 Å². The molecule has 0 nitrogen and oxygen atoms in total. The second-order valence-electron chi connectivity index (χ2n) is 2.74. The van der Waals surface area contributed by atoms with E-state index < -0.39 is 7.26 Å². The Morgan fingerprint density at radius 2 is 1.44 bits per heavy atom. The summed E-state index contributed by atoms with van der Waals surface area (Å²) in [7, 11) is -0.778. The molecule has 0 bridgehead atoms. The highest BCUT2D eigenvalue weighted by Gasteiger charge is 2.38. The molecule has 54 valence electrons. The zero-order valence-corrected chi connectivity index (χ0v) is 7.85. The van der Waals surface area contributed by atoms with Crippen molar-refractivity contribution in [2.24, 2.45) is 0 Å². The maximum absolute atomic E-state index is 5.83. The van der Waals surface area contributed by atoms with E-state index in [-0.39, 0.29) is 0 Å². The molecule has 1 heterocycles. The Kier molecular flexibility index (Phi) is 3.08. The lowest BCUT2D eigenvalue weighted by atomic mass is 10.4. The molecular weight excluding hydrogens is 174 g/mol. The van der Waals surface area contributed by atoms with E-state index in [0.29, 0.717) is 0 Å². The molecule has 0 atom stereocenters. The predicted octanol–water partition coefficient (Wildman–Crippen LogP) is 3.19. The highest BCUT2D eigenvalue weighted by molar-refractivity contribution is 7.78. The van der Waals surface area contributed by atoms with Crippen LogP contribution < -0.4 is 0 Å². The summed E-state index contributed by atoms with van der Waals surface area (Å²) in [6.07, 6.45) is 5.43. The third-order valence-electron chi connectivity index (χ3n) is 2.02. The van der Waals surface area contributed by atoms with Crippen molar-refractivity contribution in [3.63, 3.8) is 0 Å². The predicted molar refractivity (Wildman–Crippen MR) is 47.3 cm³/mol. The fraction of sp³-hybridized carbons (Fsp3) is 1.00. The van der Waals surface area contributed by atoms with Crippen molar-refractivity contribution >= 4 is 30.5 Å².